The van der Waals surface area contributed by atoms with E-state index in [-0.39, 0.29) is 6.04 Å². The topological polar surface area (TPSA) is 25.2 Å². The summed E-state index contributed by atoms with van der Waals surface area (Å²) in [6.07, 6.45) is 0. The minimum absolute atomic E-state index is 0.240. The summed E-state index contributed by atoms with van der Waals surface area (Å²) in [6.45, 7) is 5.16. The van der Waals surface area contributed by atoms with E-state index in [1.807, 2.05) is 0 Å². The van der Waals surface area contributed by atoms with Gasteiger partial charge in [0, 0.05) is 5.56 Å². The maximum atomic E-state index is 6.03. The van der Waals surface area contributed by atoms with Crippen LogP contribution in [0.15, 0.2) is 59.0 Å². The minimum atomic E-state index is 0.240. The molecule has 0 saturated heterocycles. The summed E-state index contributed by atoms with van der Waals surface area (Å²) in [5.41, 5.74) is 1.15. The van der Waals surface area contributed by atoms with Gasteiger partial charge in [-0.05, 0) is 36.4 Å². The Hall–Kier alpha value is -2.06. The Morgan fingerprint density at radius 1 is 1.00 bits per heavy atom. The fourth-order valence-electron chi connectivity index (χ4n) is 2.58. The number of hydrogen-bond donors (Lipinski definition) is 1. The lowest BCUT2D eigenvalue weighted by Gasteiger charge is -2.09. The Morgan fingerprint density at radius 3 is 2.65 bits per heavy atom. The van der Waals surface area contributed by atoms with Gasteiger partial charge in [-0.15, -0.1) is 0 Å². The number of benzene rings is 2. The van der Waals surface area contributed by atoms with Crippen LogP contribution in [0.5, 0.6) is 0 Å². The summed E-state index contributed by atoms with van der Waals surface area (Å²) in [5, 5.41) is 5.84. The second-order valence-corrected chi connectivity index (χ2v) is 5.01. The Bertz CT molecular complexity index is 709. The summed E-state index contributed by atoms with van der Waals surface area (Å²) in [4.78, 5) is 0. The van der Waals surface area contributed by atoms with Crippen molar-refractivity contribution in [3.8, 4) is 11.3 Å². The molecule has 3 rings (SSSR count). The molecule has 1 N–H and O–H groups in total. The number of rotatable bonds is 4. The lowest BCUT2D eigenvalue weighted by molar-refractivity contribution is 0.445. The molecule has 2 aromatic carbocycles. The second-order valence-electron chi connectivity index (χ2n) is 5.01. The molecular formula is C18H19NO. The third-order valence-electron chi connectivity index (χ3n) is 3.62. The summed E-state index contributed by atoms with van der Waals surface area (Å²) >= 11 is 0. The molecule has 0 amide bonds. The van der Waals surface area contributed by atoms with Crippen molar-refractivity contribution in [2.24, 2.45) is 0 Å². The number of fused-ring (bicyclic) bond motifs is 1. The Labute approximate surface area is 119 Å². The van der Waals surface area contributed by atoms with Crippen LogP contribution in [0.3, 0.4) is 0 Å². The summed E-state index contributed by atoms with van der Waals surface area (Å²) in [5.74, 6) is 1.91. The van der Waals surface area contributed by atoms with Gasteiger partial charge < -0.3 is 9.73 Å². The first kappa shape index (κ1) is 12.9. The molecule has 20 heavy (non-hydrogen) atoms. The number of nitrogens with one attached hydrogen (secondary N) is 1. The molecule has 0 aliphatic heterocycles. The summed E-state index contributed by atoms with van der Waals surface area (Å²) in [6, 6.07) is 19.1. The summed E-state index contributed by atoms with van der Waals surface area (Å²) < 4.78 is 6.03. The lowest BCUT2D eigenvalue weighted by Crippen LogP contribution is -2.16. The molecule has 0 bridgehead atoms. The molecular weight excluding hydrogens is 246 g/mol. The van der Waals surface area contributed by atoms with Gasteiger partial charge in [0.25, 0.3) is 0 Å². The van der Waals surface area contributed by atoms with Gasteiger partial charge in [0.15, 0.2) is 0 Å². The molecule has 2 heteroatoms. The fourth-order valence-corrected chi connectivity index (χ4v) is 2.58. The second kappa shape index (κ2) is 5.51. The van der Waals surface area contributed by atoms with E-state index in [1.54, 1.807) is 0 Å². The van der Waals surface area contributed by atoms with Crippen LogP contribution in [0, 0.1) is 0 Å². The zero-order valence-corrected chi connectivity index (χ0v) is 11.9. The number of furan rings is 1. The first-order valence-corrected chi connectivity index (χ1v) is 7.11. The van der Waals surface area contributed by atoms with Crippen LogP contribution in [0.1, 0.15) is 25.6 Å². The third kappa shape index (κ3) is 2.35. The van der Waals surface area contributed by atoms with Crippen molar-refractivity contribution in [1.82, 2.24) is 5.32 Å². The lowest BCUT2D eigenvalue weighted by atomic mass is 10.0. The van der Waals surface area contributed by atoms with Crippen LogP contribution in [0.25, 0.3) is 22.1 Å². The third-order valence-corrected chi connectivity index (χ3v) is 3.62. The Morgan fingerprint density at radius 2 is 1.80 bits per heavy atom. The molecule has 0 spiro atoms. The van der Waals surface area contributed by atoms with Gasteiger partial charge in [0.1, 0.15) is 11.5 Å². The molecule has 0 saturated carbocycles. The highest BCUT2D eigenvalue weighted by Crippen LogP contribution is 2.31. The normalized spacial score (nSPS) is 12.7. The van der Waals surface area contributed by atoms with Crippen LogP contribution in [-0.2, 0) is 0 Å². The van der Waals surface area contributed by atoms with Gasteiger partial charge in [-0.3, -0.25) is 0 Å². The average Bonchev–Trinajstić information content (AvgIpc) is 2.97. The molecule has 0 radical (unpaired) electrons. The molecule has 102 valence electrons. The highest BCUT2D eigenvalue weighted by molar-refractivity contribution is 5.95. The van der Waals surface area contributed by atoms with Gasteiger partial charge in [-0.2, -0.15) is 0 Å². The van der Waals surface area contributed by atoms with Gasteiger partial charge in [-0.1, -0.05) is 49.4 Å². The maximum absolute atomic E-state index is 6.03. The van der Waals surface area contributed by atoms with Gasteiger partial charge in [-0.25, -0.2) is 0 Å². The van der Waals surface area contributed by atoms with E-state index < -0.39 is 0 Å². The van der Waals surface area contributed by atoms with E-state index in [0.717, 1.165) is 23.6 Å². The molecule has 0 aliphatic carbocycles. The van der Waals surface area contributed by atoms with Gasteiger partial charge in [0.2, 0.25) is 0 Å². The van der Waals surface area contributed by atoms with Crippen molar-refractivity contribution in [2.75, 3.05) is 6.54 Å². The van der Waals surface area contributed by atoms with Crippen molar-refractivity contribution in [3.05, 3.63) is 60.4 Å². The molecule has 1 unspecified atom stereocenters. The summed E-state index contributed by atoms with van der Waals surface area (Å²) in [7, 11) is 0. The number of hydrogen-bond acceptors (Lipinski definition) is 2. The van der Waals surface area contributed by atoms with Crippen molar-refractivity contribution in [1.29, 1.82) is 0 Å². The molecule has 2 nitrogen and oxygen atoms in total. The average molecular weight is 265 g/mol. The first-order chi connectivity index (χ1) is 9.79. The van der Waals surface area contributed by atoms with Crippen LogP contribution >= 0.6 is 0 Å². The predicted octanol–water partition coefficient (Wildman–Crippen LogP) is 4.77. The highest BCUT2D eigenvalue weighted by Gasteiger charge is 2.12. The van der Waals surface area contributed by atoms with E-state index in [0.29, 0.717) is 0 Å². The quantitative estimate of drug-likeness (QED) is 0.735. The smallest absolute Gasteiger partial charge is 0.134 e. The zero-order chi connectivity index (χ0) is 13.9. The first-order valence-electron chi connectivity index (χ1n) is 7.11. The van der Waals surface area contributed by atoms with Crippen molar-refractivity contribution < 1.29 is 4.42 Å². The minimum Gasteiger partial charge on any atom is -0.459 e. The molecule has 0 fully saturated rings. The van der Waals surface area contributed by atoms with Crippen molar-refractivity contribution >= 4 is 10.8 Å². The zero-order valence-electron chi connectivity index (χ0n) is 11.9. The highest BCUT2D eigenvalue weighted by atomic mass is 16.3. The van der Waals surface area contributed by atoms with Crippen LogP contribution in [0.2, 0.25) is 0 Å². The van der Waals surface area contributed by atoms with Gasteiger partial charge in [0.05, 0.1) is 6.04 Å². The van der Waals surface area contributed by atoms with E-state index in [1.165, 1.54) is 10.8 Å². The van der Waals surface area contributed by atoms with Crippen molar-refractivity contribution in [2.45, 2.75) is 19.9 Å². The predicted molar refractivity (Wildman–Crippen MR) is 83.7 cm³/mol. The van der Waals surface area contributed by atoms with E-state index in [9.17, 15) is 0 Å². The Balaban J connectivity index is 2.03. The molecule has 0 aliphatic rings. The molecule has 1 heterocycles. The van der Waals surface area contributed by atoms with Crippen molar-refractivity contribution in [3.63, 3.8) is 0 Å². The maximum Gasteiger partial charge on any atom is 0.134 e. The fraction of sp³-hybridized carbons (Fsp3) is 0.222. The van der Waals surface area contributed by atoms with Crippen LogP contribution in [0.4, 0.5) is 0 Å². The van der Waals surface area contributed by atoms with Crippen LogP contribution < -0.4 is 5.32 Å². The van der Waals surface area contributed by atoms with E-state index in [4.69, 9.17) is 4.42 Å². The van der Waals surface area contributed by atoms with E-state index in [2.05, 4.69) is 73.8 Å². The molecule has 3 aromatic rings. The van der Waals surface area contributed by atoms with Crippen LogP contribution in [-0.4, -0.2) is 6.54 Å². The van der Waals surface area contributed by atoms with E-state index >= 15 is 0 Å². The largest absolute Gasteiger partial charge is 0.459 e. The standard InChI is InChI=1S/C18H19NO/c1-3-19-13(2)17-11-12-18(20-17)16-10-6-8-14-7-4-5-9-15(14)16/h4-13,19H,3H2,1-2H3. The van der Waals surface area contributed by atoms with Gasteiger partial charge >= 0.3 is 0 Å². The monoisotopic (exact) mass is 265 g/mol. The SMILES string of the molecule is CCNC(C)c1ccc(-c2cccc3ccccc23)o1. The molecule has 1 atom stereocenters. The molecule has 1 aromatic heterocycles. The Kier molecular flexibility index (Phi) is 3.57.